The van der Waals surface area contributed by atoms with Crippen molar-refractivity contribution < 1.29 is 9.18 Å². The lowest BCUT2D eigenvalue weighted by Gasteiger charge is -2.09. The van der Waals surface area contributed by atoms with E-state index in [2.05, 4.69) is 5.32 Å². The Morgan fingerprint density at radius 3 is 2.63 bits per heavy atom. The highest BCUT2D eigenvalue weighted by molar-refractivity contribution is 7.98. The van der Waals surface area contributed by atoms with E-state index < -0.39 is 5.82 Å². The summed E-state index contributed by atoms with van der Waals surface area (Å²) in [4.78, 5) is 13.0. The van der Waals surface area contributed by atoms with Gasteiger partial charge in [0.1, 0.15) is 5.82 Å². The fourth-order valence-corrected chi connectivity index (χ4v) is 2.34. The van der Waals surface area contributed by atoms with Crippen LogP contribution in [0.25, 0.3) is 0 Å². The fourth-order valence-electron chi connectivity index (χ4n) is 1.74. The molecule has 0 saturated carbocycles. The summed E-state index contributed by atoms with van der Waals surface area (Å²) in [5.74, 6) is -0.720. The van der Waals surface area contributed by atoms with E-state index in [0.29, 0.717) is 5.56 Å². The van der Waals surface area contributed by atoms with E-state index in [9.17, 15) is 9.18 Å². The van der Waals surface area contributed by atoms with Crippen LogP contribution in [0.5, 0.6) is 0 Å². The smallest absolute Gasteiger partial charge is 0.256 e. The van der Waals surface area contributed by atoms with Gasteiger partial charge in [-0.15, -0.1) is 11.8 Å². The Morgan fingerprint density at radius 1 is 1.21 bits per heavy atom. The van der Waals surface area contributed by atoms with Gasteiger partial charge in [0.05, 0.1) is 11.3 Å². The summed E-state index contributed by atoms with van der Waals surface area (Å²) < 4.78 is 13.7. The minimum atomic E-state index is -0.421. The van der Waals surface area contributed by atoms with Gasteiger partial charge in [-0.05, 0) is 43.0 Å². The Morgan fingerprint density at radius 2 is 1.95 bits per heavy atom. The van der Waals surface area contributed by atoms with Gasteiger partial charge in [-0.3, -0.25) is 4.79 Å². The minimum Gasteiger partial charge on any atom is -0.319 e. The molecule has 98 valence electrons. The lowest BCUT2D eigenvalue weighted by atomic mass is 10.2. The molecule has 0 fully saturated rings. The zero-order chi connectivity index (χ0) is 13.8. The number of rotatable bonds is 3. The van der Waals surface area contributed by atoms with Gasteiger partial charge in [-0.2, -0.15) is 0 Å². The van der Waals surface area contributed by atoms with Crippen LogP contribution < -0.4 is 5.32 Å². The molecule has 0 aromatic heterocycles. The van der Waals surface area contributed by atoms with Crippen LogP contribution in [0.2, 0.25) is 0 Å². The van der Waals surface area contributed by atoms with Crippen molar-refractivity contribution in [2.75, 3.05) is 11.6 Å². The fraction of sp³-hybridized carbons (Fsp3) is 0.133. The van der Waals surface area contributed by atoms with Crippen LogP contribution >= 0.6 is 11.8 Å². The number of aryl methyl sites for hydroxylation is 1. The van der Waals surface area contributed by atoms with Crippen molar-refractivity contribution in [2.24, 2.45) is 0 Å². The minimum absolute atomic E-state index is 0.200. The number of carbonyl (C=O) groups excluding carboxylic acids is 1. The Bertz CT molecular complexity index is 613. The molecule has 0 spiro atoms. The molecule has 2 aromatic rings. The lowest BCUT2D eigenvalue weighted by molar-refractivity contribution is 0.102. The predicted molar refractivity (Wildman–Crippen MR) is 77.3 cm³/mol. The van der Waals surface area contributed by atoms with E-state index in [1.807, 2.05) is 18.4 Å². The van der Waals surface area contributed by atoms with Crippen molar-refractivity contribution in [2.45, 2.75) is 11.8 Å². The number of amides is 1. The highest BCUT2D eigenvalue weighted by Gasteiger charge is 2.12. The quantitative estimate of drug-likeness (QED) is 0.854. The van der Waals surface area contributed by atoms with E-state index >= 15 is 0 Å². The molecule has 0 atom stereocenters. The van der Waals surface area contributed by atoms with Crippen molar-refractivity contribution in [3.8, 4) is 0 Å². The Kier molecular flexibility index (Phi) is 4.22. The summed E-state index contributed by atoms with van der Waals surface area (Å²) in [6, 6.07) is 12.0. The molecule has 2 nitrogen and oxygen atoms in total. The van der Waals surface area contributed by atoms with Crippen LogP contribution in [0.3, 0.4) is 0 Å². The maximum absolute atomic E-state index is 13.7. The van der Waals surface area contributed by atoms with Gasteiger partial charge in [0.2, 0.25) is 0 Å². The molecule has 0 bridgehead atoms. The highest BCUT2D eigenvalue weighted by atomic mass is 32.2. The second kappa shape index (κ2) is 5.89. The molecule has 1 amide bonds. The maximum atomic E-state index is 13.7. The first-order valence-electron chi connectivity index (χ1n) is 5.82. The SMILES string of the molecule is CSc1ccccc1C(=O)Nc1ccc(C)cc1F. The highest BCUT2D eigenvalue weighted by Crippen LogP contribution is 2.22. The summed E-state index contributed by atoms with van der Waals surface area (Å²) in [5, 5.41) is 2.60. The molecule has 0 radical (unpaired) electrons. The van der Waals surface area contributed by atoms with E-state index in [0.717, 1.165) is 10.5 Å². The van der Waals surface area contributed by atoms with Crippen LogP contribution in [0.4, 0.5) is 10.1 Å². The molecule has 0 aliphatic carbocycles. The van der Waals surface area contributed by atoms with Gasteiger partial charge >= 0.3 is 0 Å². The topological polar surface area (TPSA) is 29.1 Å². The Balaban J connectivity index is 2.26. The molecule has 2 aromatic carbocycles. The van der Waals surface area contributed by atoms with Crippen LogP contribution in [0.1, 0.15) is 15.9 Å². The molecule has 0 saturated heterocycles. The van der Waals surface area contributed by atoms with Gasteiger partial charge < -0.3 is 5.32 Å². The van der Waals surface area contributed by atoms with E-state index in [-0.39, 0.29) is 11.6 Å². The largest absolute Gasteiger partial charge is 0.319 e. The average molecular weight is 275 g/mol. The summed E-state index contributed by atoms with van der Waals surface area (Å²) in [5.41, 5.74) is 1.57. The van der Waals surface area contributed by atoms with E-state index in [4.69, 9.17) is 0 Å². The standard InChI is InChI=1S/C15H14FNOS/c1-10-7-8-13(12(16)9-10)17-15(18)11-5-3-4-6-14(11)19-2/h3-9H,1-2H3,(H,17,18). The monoisotopic (exact) mass is 275 g/mol. The molecular formula is C15H14FNOS. The van der Waals surface area contributed by atoms with Gasteiger partial charge in [0.25, 0.3) is 5.91 Å². The molecule has 1 N–H and O–H groups in total. The van der Waals surface area contributed by atoms with Crippen molar-refractivity contribution in [1.29, 1.82) is 0 Å². The number of hydrogen-bond acceptors (Lipinski definition) is 2. The molecule has 0 unspecified atom stereocenters. The van der Waals surface area contributed by atoms with Crippen LogP contribution in [-0.2, 0) is 0 Å². The Labute approximate surface area is 116 Å². The number of anilines is 1. The number of nitrogens with one attached hydrogen (secondary N) is 1. The van der Waals surface area contributed by atoms with Crippen LogP contribution in [-0.4, -0.2) is 12.2 Å². The van der Waals surface area contributed by atoms with Crippen molar-refractivity contribution >= 4 is 23.4 Å². The van der Waals surface area contributed by atoms with Crippen LogP contribution in [0, 0.1) is 12.7 Å². The van der Waals surface area contributed by atoms with Gasteiger partial charge in [-0.25, -0.2) is 4.39 Å². The van der Waals surface area contributed by atoms with Crippen molar-refractivity contribution in [3.05, 3.63) is 59.4 Å². The second-order valence-corrected chi connectivity index (χ2v) is 4.99. The number of carbonyl (C=O) groups is 1. The third-order valence-electron chi connectivity index (χ3n) is 2.72. The van der Waals surface area contributed by atoms with Crippen molar-refractivity contribution in [3.63, 3.8) is 0 Å². The predicted octanol–water partition coefficient (Wildman–Crippen LogP) is 4.11. The zero-order valence-electron chi connectivity index (χ0n) is 10.7. The molecule has 4 heteroatoms. The second-order valence-electron chi connectivity index (χ2n) is 4.14. The normalized spacial score (nSPS) is 10.3. The summed E-state index contributed by atoms with van der Waals surface area (Å²) in [7, 11) is 0. The number of hydrogen-bond donors (Lipinski definition) is 1. The molecular weight excluding hydrogens is 261 g/mol. The van der Waals surface area contributed by atoms with Crippen LogP contribution in [0.15, 0.2) is 47.4 Å². The number of thioether (sulfide) groups is 1. The molecule has 0 aliphatic rings. The zero-order valence-corrected chi connectivity index (χ0v) is 11.6. The van der Waals surface area contributed by atoms with Gasteiger partial charge in [-0.1, -0.05) is 18.2 Å². The maximum Gasteiger partial charge on any atom is 0.256 e. The van der Waals surface area contributed by atoms with Gasteiger partial charge in [0.15, 0.2) is 0 Å². The molecule has 0 aliphatic heterocycles. The van der Waals surface area contributed by atoms with Gasteiger partial charge in [0, 0.05) is 4.90 Å². The summed E-state index contributed by atoms with van der Waals surface area (Å²) in [6.45, 7) is 1.80. The molecule has 19 heavy (non-hydrogen) atoms. The average Bonchev–Trinajstić information content (AvgIpc) is 2.41. The first kappa shape index (κ1) is 13.6. The number of halogens is 1. The van der Waals surface area contributed by atoms with Crippen molar-refractivity contribution in [1.82, 2.24) is 0 Å². The summed E-state index contributed by atoms with van der Waals surface area (Å²) in [6.07, 6.45) is 1.90. The summed E-state index contributed by atoms with van der Waals surface area (Å²) >= 11 is 1.49. The Hall–Kier alpha value is -1.81. The lowest BCUT2D eigenvalue weighted by Crippen LogP contribution is -2.14. The molecule has 2 rings (SSSR count). The first-order valence-corrected chi connectivity index (χ1v) is 7.05. The third kappa shape index (κ3) is 3.15. The van der Waals surface area contributed by atoms with E-state index in [1.54, 1.807) is 31.2 Å². The number of benzene rings is 2. The molecule has 0 heterocycles. The third-order valence-corrected chi connectivity index (χ3v) is 3.52. The first-order chi connectivity index (χ1) is 9.11. The van der Waals surface area contributed by atoms with E-state index in [1.165, 1.54) is 17.8 Å².